The van der Waals surface area contributed by atoms with Crippen molar-refractivity contribution in [2.75, 3.05) is 0 Å². The third-order valence-electron chi connectivity index (χ3n) is 0.802. The van der Waals surface area contributed by atoms with Gasteiger partial charge in [0.05, 0.1) is 5.51 Å². The van der Waals surface area contributed by atoms with Gasteiger partial charge in [-0.2, -0.15) is 0 Å². The predicted molar refractivity (Wildman–Crippen MR) is 34.6 cm³/mol. The topological polar surface area (TPSA) is 71.5 Å². The lowest BCUT2D eigenvalue weighted by atomic mass is 10.5. The van der Waals surface area contributed by atoms with Gasteiger partial charge in [-0.25, -0.2) is 4.98 Å². The van der Waals surface area contributed by atoms with Gasteiger partial charge >= 0.3 is 0 Å². The lowest BCUT2D eigenvalue weighted by Crippen LogP contribution is -2.12. The summed E-state index contributed by atoms with van der Waals surface area (Å²) < 4.78 is 0. The van der Waals surface area contributed by atoms with E-state index in [-0.39, 0.29) is 5.84 Å². The van der Waals surface area contributed by atoms with Crippen LogP contribution in [0.3, 0.4) is 0 Å². The van der Waals surface area contributed by atoms with Gasteiger partial charge in [0.25, 0.3) is 0 Å². The molecule has 0 amide bonds. The largest absolute Gasteiger partial charge is 0.409 e. The van der Waals surface area contributed by atoms with E-state index in [0.717, 1.165) is 0 Å². The highest BCUT2D eigenvalue weighted by molar-refractivity contribution is 7.07. The molecule has 5 heteroatoms. The van der Waals surface area contributed by atoms with Crippen LogP contribution >= 0.6 is 11.3 Å². The summed E-state index contributed by atoms with van der Waals surface area (Å²) in [5.74, 6) is 0.0521. The minimum Gasteiger partial charge on any atom is -0.409 e. The first-order chi connectivity index (χ1) is 4.34. The van der Waals surface area contributed by atoms with Crippen LogP contribution in [-0.2, 0) is 0 Å². The van der Waals surface area contributed by atoms with Crippen molar-refractivity contribution in [1.82, 2.24) is 4.98 Å². The summed E-state index contributed by atoms with van der Waals surface area (Å²) in [5, 5.41) is 12.6. The molecule has 9 heavy (non-hydrogen) atoms. The number of oxime groups is 1. The molecule has 48 valence electrons. The summed E-state index contributed by atoms with van der Waals surface area (Å²) in [6.45, 7) is 0. The molecule has 0 aromatic carbocycles. The Bertz CT molecular complexity index is 206. The molecule has 0 spiro atoms. The fourth-order valence-corrected chi connectivity index (χ4v) is 0.936. The molecular weight excluding hydrogens is 138 g/mol. The fraction of sp³-hybridized carbons (Fsp3) is 0. The Labute approximate surface area is 55.6 Å². The zero-order valence-corrected chi connectivity index (χ0v) is 5.30. The smallest absolute Gasteiger partial charge is 0.189 e. The van der Waals surface area contributed by atoms with E-state index in [1.165, 1.54) is 11.3 Å². The molecule has 1 aromatic rings. The molecule has 1 heterocycles. The summed E-state index contributed by atoms with van der Waals surface area (Å²) in [5.41, 5.74) is 7.32. The Morgan fingerprint density at radius 3 is 3.11 bits per heavy atom. The lowest BCUT2D eigenvalue weighted by Gasteiger charge is -1.86. The van der Waals surface area contributed by atoms with Gasteiger partial charge in [0.2, 0.25) is 0 Å². The average Bonchev–Trinajstić information content (AvgIpc) is 2.37. The molecule has 0 atom stereocenters. The van der Waals surface area contributed by atoms with Gasteiger partial charge in [0.1, 0.15) is 5.69 Å². The van der Waals surface area contributed by atoms with Gasteiger partial charge < -0.3 is 10.9 Å². The second-order valence-electron chi connectivity index (χ2n) is 1.36. The Hall–Kier alpha value is -1.10. The van der Waals surface area contributed by atoms with Crippen molar-refractivity contribution in [1.29, 1.82) is 0 Å². The van der Waals surface area contributed by atoms with E-state index in [4.69, 9.17) is 10.9 Å². The Morgan fingerprint density at radius 1 is 1.89 bits per heavy atom. The van der Waals surface area contributed by atoms with Crippen molar-refractivity contribution in [3.63, 3.8) is 0 Å². The van der Waals surface area contributed by atoms with Crippen LogP contribution in [0.4, 0.5) is 0 Å². The number of amidine groups is 1. The number of thiazole rings is 1. The van der Waals surface area contributed by atoms with Crippen LogP contribution in [0, 0.1) is 0 Å². The van der Waals surface area contributed by atoms with Gasteiger partial charge in [-0.05, 0) is 0 Å². The third-order valence-corrected chi connectivity index (χ3v) is 1.39. The number of nitrogens with two attached hydrogens (primary N) is 1. The van der Waals surface area contributed by atoms with Crippen LogP contribution in [0.15, 0.2) is 16.0 Å². The molecular formula is C4H5N3OS. The average molecular weight is 143 g/mol. The van der Waals surface area contributed by atoms with E-state index in [1.54, 1.807) is 10.9 Å². The Balaban J connectivity index is 2.90. The van der Waals surface area contributed by atoms with E-state index < -0.39 is 0 Å². The van der Waals surface area contributed by atoms with Crippen molar-refractivity contribution in [2.24, 2.45) is 10.9 Å². The van der Waals surface area contributed by atoms with Crippen LogP contribution in [0.1, 0.15) is 5.69 Å². The molecule has 0 aliphatic rings. The zero-order valence-electron chi connectivity index (χ0n) is 4.48. The highest BCUT2D eigenvalue weighted by Crippen LogP contribution is 1.98. The minimum atomic E-state index is 0.0521. The number of hydrogen-bond donors (Lipinski definition) is 2. The molecule has 0 radical (unpaired) electrons. The first-order valence-corrected chi connectivity index (χ1v) is 3.15. The van der Waals surface area contributed by atoms with Crippen molar-refractivity contribution >= 4 is 17.2 Å². The second-order valence-corrected chi connectivity index (χ2v) is 2.08. The summed E-state index contributed by atoms with van der Waals surface area (Å²) in [4.78, 5) is 3.79. The molecule has 0 saturated heterocycles. The van der Waals surface area contributed by atoms with Crippen LogP contribution < -0.4 is 5.73 Å². The maximum absolute atomic E-state index is 8.13. The van der Waals surface area contributed by atoms with Crippen LogP contribution in [0.5, 0.6) is 0 Å². The zero-order chi connectivity index (χ0) is 6.69. The van der Waals surface area contributed by atoms with E-state index in [9.17, 15) is 0 Å². The molecule has 0 bridgehead atoms. The van der Waals surface area contributed by atoms with Crippen molar-refractivity contribution in [3.05, 3.63) is 16.6 Å². The maximum atomic E-state index is 8.13. The van der Waals surface area contributed by atoms with E-state index in [2.05, 4.69) is 10.1 Å². The first kappa shape index (κ1) is 6.03. The molecule has 0 aliphatic heterocycles. The normalized spacial score (nSPS) is 11.8. The van der Waals surface area contributed by atoms with Crippen molar-refractivity contribution in [3.8, 4) is 0 Å². The summed E-state index contributed by atoms with van der Waals surface area (Å²) in [6.07, 6.45) is 0. The van der Waals surface area contributed by atoms with Gasteiger partial charge in [0, 0.05) is 5.38 Å². The fourth-order valence-electron chi connectivity index (χ4n) is 0.390. The molecule has 0 fully saturated rings. The Morgan fingerprint density at radius 2 is 2.67 bits per heavy atom. The van der Waals surface area contributed by atoms with Crippen LogP contribution in [0.25, 0.3) is 0 Å². The van der Waals surface area contributed by atoms with Gasteiger partial charge in [-0.1, -0.05) is 5.16 Å². The molecule has 0 unspecified atom stereocenters. The SMILES string of the molecule is N/C(=N/O)c1cscn1. The summed E-state index contributed by atoms with van der Waals surface area (Å²) >= 11 is 1.40. The van der Waals surface area contributed by atoms with E-state index in [1.807, 2.05) is 0 Å². The van der Waals surface area contributed by atoms with E-state index >= 15 is 0 Å². The molecule has 3 N–H and O–H groups in total. The number of aromatic nitrogens is 1. The van der Waals surface area contributed by atoms with Gasteiger partial charge in [0.15, 0.2) is 5.84 Å². The predicted octanol–water partition coefficient (Wildman–Crippen LogP) is 0.238. The number of hydrogen-bond acceptors (Lipinski definition) is 4. The minimum absolute atomic E-state index is 0.0521. The highest BCUT2D eigenvalue weighted by Gasteiger charge is 1.97. The molecule has 0 aliphatic carbocycles. The van der Waals surface area contributed by atoms with Crippen molar-refractivity contribution in [2.45, 2.75) is 0 Å². The maximum Gasteiger partial charge on any atom is 0.189 e. The standard InChI is InChI=1S/C4H5N3OS/c5-4(7-8)3-1-9-2-6-3/h1-2,8H,(H2,5,7). The van der Waals surface area contributed by atoms with Crippen LogP contribution in [0.2, 0.25) is 0 Å². The number of nitrogens with zero attached hydrogens (tertiary/aromatic N) is 2. The monoisotopic (exact) mass is 143 g/mol. The van der Waals surface area contributed by atoms with Crippen molar-refractivity contribution < 1.29 is 5.21 Å². The second kappa shape index (κ2) is 2.45. The summed E-state index contributed by atoms with van der Waals surface area (Å²) in [6, 6.07) is 0. The van der Waals surface area contributed by atoms with E-state index in [0.29, 0.717) is 5.69 Å². The summed E-state index contributed by atoms with van der Waals surface area (Å²) in [7, 11) is 0. The third kappa shape index (κ3) is 1.17. The quantitative estimate of drug-likeness (QED) is 0.256. The molecule has 1 rings (SSSR count). The highest BCUT2D eigenvalue weighted by atomic mass is 32.1. The van der Waals surface area contributed by atoms with Crippen LogP contribution in [-0.4, -0.2) is 16.0 Å². The Kier molecular flexibility index (Phi) is 1.64. The molecule has 4 nitrogen and oxygen atoms in total. The van der Waals surface area contributed by atoms with Gasteiger partial charge in [-0.3, -0.25) is 0 Å². The molecule has 1 aromatic heterocycles. The number of rotatable bonds is 1. The first-order valence-electron chi connectivity index (χ1n) is 2.20. The van der Waals surface area contributed by atoms with Gasteiger partial charge in [-0.15, -0.1) is 11.3 Å². The molecule has 0 saturated carbocycles. The lowest BCUT2D eigenvalue weighted by molar-refractivity contribution is 0.318.